The Labute approximate surface area is 55.3 Å². The molecule has 2 rings (SSSR count). The van der Waals surface area contributed by atoms with Gasteiger partial charge in [0.1, 0.15) is 0 Å². The fraction of sp³-hybridized carbons (Fsp3) is 1.00. The van der Waals surface area contributed by atoms with Crippen molar-refractivity contribution >= 4 is 0 Å². The van der Waals surface area contributed by atoms with Gasteiger partial charge in [-0.15, -0.1) is 0 Å². The van der Waals surface area contributed by atoms with Crippen LogP contribution in [-0.4, -0.2) is 24.3 Å². The average Bonchev–Trinajstić information content (AvgIpc) is 2.35. The predicted molar refractivity (Wildman–Crippen MR) is 35.1 cm³/mol. The van der Waals surface area contributed by atoms with Crippen LogP contribution in [0.1, 0.15) is 12.8 Å². The Morgan fingerprint density at radius 2 is 2.11 bits per heavy atom. The molecule has 0 amide bonds. The smallest absolute Gasteiger partial charge is 0.0583 e. The highest BCUT2D eigenvalue weighted by atomic mass is 16.3. The number of aliphatic hydroxyl groups is 1. The van der Waals surface area contributed by atoms with Gasteiger partial charge >= 0.3 is 0 Å². The molecule has 2 nitrogen and oxygen atoms in total. The first kappa shape index (κ1) is 5.69. The normalized spacial score (nSPS) is 49.7. The minimum Gasteiger partial charge on any atom is -0.393 e. The van der Waals surface area contributed by atoms with Crippen molar-refractivity contribution in [3.05, 3.63) is 0 Å². The zero-order valence-corrected chi connectivity index (χ0v) is 5.51. The minimum absolute atomic E-state index is 0.00463. The molecule has 0 bridgehead atoms. The summed E-state index contributed by atoms with van der Waals surface area (Å²) in [6, 6.07) is 0. The van der Waals surface area contributed by atoms with Gasteiger partial charge in [-0.25, -0.2) is 0 Å². The molecule has 2 aliphatic rings. The van der Waals surface area contributed by atoms with Crippen molar-refractivity contribution in [1.82, 2.24) is 5.32 Å². The molecule has 0 aromatic carbocycles. The largest absolute Gasteiger partial charge is 0.393 e. The molecule has 2 fully saturated rings. The maximum atomic E-state index is 9.36. The van der Waals surface area contributed by atoms with Gasteiger partial charge in [-0.05, 0) is 25.3 Å². The van der Waals surface area contributed by atoms with E-state index in [0.717, 1.165) is 25.4 Å². The summed E-state index contributed by atoms with van der Waals surface area (Å²) in [5.74, 6) is 1.38. The molecule has 0 aromatic heterocycles. The minimum atomic E-state index is 0.00463. The molecule has 0 spiro atoms. The Kier molecular flexibility index (Phi) is 1.24. The molecule has 1 saturated carbocycles. The molecule has 2 N–H and O–H groups in total. The van der Waals surface area contributed by atoms with Gasteiger partial charge in [0.05, 0.1) is 6.10 Å². The number of hydrogen-bond donors (Lipinski definition) is 2. The van der Waals surface area contributed by atoms with E-state index in [-0.39, 0.29) is 6.10 Å². The zero-order chi connectivity index (χ0) is 6.27. The number of hydrogen-bond acceptors (Lipinski definition) is 2. The summed E-state index contributed by atoms with van der Waals surface area (Å²) in [5, 5.41) is 12.7. The SMILES string of the molecule is O[C@@H]1CC[C@H]2CNC[C@H]21. The van der Waals surface area contributed by atoms with Gasteiger partial charge in [-0.3, -0.25) is 0 Å². The van der Waals surface area contributed by atoms with Crippen molar-refractivity contribution in [2.75, 3.05) is 13.1 Å². The van der Waals surface area contributed by atoms with Gasteiger partial charge in [0.15, 0.2) is 0 Å². The molecule has 0 unspecified atom stereocenters. The number of fused-ring (bicyclic) bond motifs is 1. The standard InChI is InChI=1S/C7H13NO/c9-7-2-1-5-3-8-4-6(5)7/h5-9H,1-4H2/t5-,6+,7+/m0/s1. The highest BCUT2D eigenvalue weighted by Crippen LogP contribution is 2.33. The lowest BCUT2D eigenvalue weighted by Gasteiger charge is -2.09. The second-order valence-corrected chi connectivity index (χ2v) is 3.23. The fourth-order valence-electron chi connectivity index (χ4n) is 2.12. The average molecular weight is 127 g/mol. The molecule has 52 valence electrons. The summed E-state index contributed by atoms with van der Waals surface area (Å²) < 4.78 is 0. The maximum absolute atomic E-state index is 9.36. The van der Waals surface area contributed by atoms with Crippen molar-refractivity contribution in [3.8, 4) is 0 Å². The van der Waals surface area contributed by atoms with E-state index in [4.69, 9.17) is 0 Å². The van der Waals surface area contributed by atoms with Crippen LogP contribution in [0.15, 0.2) is 0 Å². The van der Waals surface area contributed by atoms with E-state index in [1.807, 2.05) is 0 Å². The first-order valence-electron chi connectivity index (χ1n) is 3.76. The second-order valence-electron chi connectivity index (χ2n) is 3.23. The van der Waals surface area contributed by atoms with E-state index in [2.05, 4.69) is 5.32 Å². The molecule has 1 aliphatic carbocycles. The molecule has 0 radical (unpaired) electrons. The monoisotopic (exact) mass is 127 g/mol. The van der Waals surface area contributed by atoms with Crippen LogP contribution >= 0.6 is 0 Å². The van der Waals surface area contributed by atoms with Gasteiger partial charge in [0, 0.05) is 12.5 Å². The maximum Gasteiger partial charge on any atom is 0.0583 e. The quantitative estimate of drug-likeness (QED) is 0.479. The third kappa shape index (κ3) is 0.775. The van der Waals surface area contributed by atoms with Gasteiger partial charge < -0.3 is 10.4 Å². The van der Waals surface area contributed by atoms with E-state index in [0.29, 0.717) is 5.92 Å². The molecular formula is C7H13NO. The zero-order valence-electron chi connectivity index (χ0n) is 5.51. The summed E-state index contributed by atoms with van der Waals surface area (Å²) in [7, 11) is 0. The molecule has 1 heterocycles. The van der Waals surface area contributed by atoms with Crippen LogP contribution < -0.4 is 5.32 Å². The lowest BCUT2D eigenvalue weighted by molar-refractivity contribution is 0.133. The van der Waals surface area contributed by atoms with Crippen LogP contribution in [0, 0.1) is 11.8 Å². The van der Waals surface area contributed by atoms with Gasteiger partial charge in [-0.2, -0.15) is 0 Å². The van der Waals surface area contributed by atoms with Crippen molar-refractivity contribution in [1.29, 1.82) is 0 Å². The lowest BCUT2D eigenvalue weighted by atomic mass is 10.00. The highest BCUT2D eigenvalue weighted by molar-refractivity contribution is 4.91. The number of rotatable bonds is 0. The Balaban J connectivity index is 2.07. The second kappa shape index (κ2) is 1.96. The van der Waals surface area contributed by atoms with Crippen LogP contribution in [0.4, 0.5) is 0 Å². The van der Waals surface area contributed by atoms with E-state index in [1.54, 1.807) is 0 Å². The van der Waals surface area contributed by atoms with Crippen LogP contribution in [0.3, 0.4) is 0 Å². The van der Waals surface area contributed by atoms with Crippen molar-refractivity contribution in [2.24, 2.45) is 11.8 Å². The molecule has 1 aliphatic heterocycles. The predicted octanol–water partition coefficient (Wildman–Crippen LogP) is -0.0233. The number of nitrogens with one attached hydrogen (secondary N) is 1. The topological polar surface area (TPSA) is 32.3 Å². The fourth-order valence-corrected chi connectivity index (χ4v) is 2.12. The lowest BCUT2D eigenvalue weighted by Crippen LogP contribution is -2.19. The molecule has 0 aromatic rings. The molecular weight excluding hydrogens is 114 g/mol. The van der Waals surface area contributed by atoms with Crippen molar-refractivity contribution in [2.45, 2.75) is 18.9 Å². The molecule has 9 heavy (non-hydrogen) atoms. The number of aliphatic hydroxyl groups excluding tert-OH is 1. The van der Waals surface area contributed by atoms with Crippen LogP contribution in [0.2, 0.25) is 0 Å². The summed E-state index contributed by atoms with van der Waals surface area (Å²) in [5.41, 5.74) is 0. The van der Waals surface area contributed by atoms with Gasteiger partial charge in [0.25, 0.3) is 0 Å². The first-order chi connectivity index (χ1) is 4.38. The Hall–Kier alpha value is -0.0800. The first-order valence-corrected chi connectivity index (χ1v) is 3.76. The van der Waals surface area contributed by atoms with E-state index >= 15 is 0 Å². The van der Waals surface area contributed by atoms with Crippen LogP contribution in [-0.2, 0) is 0 Å². The van der Waals surface area contributed by atoms with E-state index in [9.17, 15) is 5.11 Å². The van der Waals surface area contributed by atoms with Crippen LogP contribution in [0.5, 0.6) is 0 Å². The van der Waals surface area contributed by atoms with E-state index in [1.165, 1.54) is 6.42 Å². The van der Waals surface area contributed by atoms with Crippen molar-refractivity contribution in [3.63, 3.8) is 0 Å². The Morgan fingerprint density at radius 3 is 2.89 bits per heavy atom. The van der Waals surface area contributed by atoms with Crippen LogP contribution in [0.25, 0.3) is 0 Å². The third-order valence-corrected chi connectivity index (χ3v) is 2.72. The molecule has 3 atom stereocenters. The molecule has 2 heteroatoms. The highest BCUT2D eigenvalue weighted by Gasteiger charge is 2.37. The van der Waals surface area contributed by atoms with E-state index < -0.39 is 0 Å². The Morgan fingerprint density at radius 1 is 1.22 bits per heavy atom. The summed E-state index contributed by atoms with van der Waals surface area (Å²) >= 11 is 0. The summed E-state index contributed by atoms with van der Waals surface area (Å²) in [4.78, 5) is 0. The van der Waals surface area contributed by atoms with Gasteiger partial charge in [-0.1, -0.05) is 0 Å². The molecule has 1 saturated heterocycles. The van der Waals surface area contributed by atoms with Gasteiger partial charge in [0.2, 0.25) is 0 Å². The third-order valence-electron chi connectivity index (χ3n) is 2.72. The summed E-state index contributed by atoms with van der Waals surface area (Å²) in [6.07, 6.45) is 2.28. The van der Waals surface area contributed by atoms with Crippen molar-refractivity contribution < 1.29 is 5.11 Å². The summed E-state index contributed by atoms with van der Waals surface area (Å²) in [6.45, 7) is 2.19. The Bertz CT molecular complexity index is 115.